The highest BCUT2D eigenvalue weighted by Gasteiger charge is 2.21. The first-order valence-corrected chi connectivity index (χ1v) is 9.33. The van der Waals surface area contributed by atoms with E-state index in [-0.39, 0.29) is 0 Å². The zero-order valence-corrected chi connectivity index (χ0v) is 14.5. The van der Waals surface area contributed by atoms with Crippen LogP contribution in [0.5, 0.6) is 0 Å². The zero-order chi connectivity index (χ0) is 16.9. The molecule has 4 rings (SSSR count). The van der Waals surface area contributed by atoms with Crippen molar-refractivity contribution >= 4 is 11.8 Å². The molecule has 25 heavy (non-hydrogen) atoms. The predicted octanol–water partition coefficient (Wildman–Crippen LogP) is 1.86. The molecule has 1 saturated heterocycles. The van der Waals surface area contributed by atoms with Gasteiger partial charge < -0.3 is 9.73 Å². The molecule has 1 fully saturated rings. The van der Waals surface area contributed by atoms with Gasteiger partial charge in [0.1, 0.15) is 0 Å². The quantitative estimate of drug-likeness (QED) is 0.668. The minimum atomic E-state index is 0.319. The van der Waals surface area contributed by atoms with Crippen molar-refractivity contribution in [2.24, 2.45) is 0 Å². The number of tetrazole rings is 1. The molecule has 0 radical (unpaired) electrons. The summed E-state index contributed by atoms with van der Waals surface area (Å²) in [5, 5.41) is 24.2. The maximum absolute atomic E-state index is 5.80. The lowest BCUT2D eigenvalue weighted by Crippen LogP contribution is -2.28. The summed E-state index contributed by atoms with van der Waals surface area (Å²) in [6.07, 6.45) is 2.23. The number of nitrogens with one attached hydrogen (secondary N) is 1. The van der Waals surface area contributed by atoms with Gasteiger partial charge in [0.05, 0.1) is 12.3 Å². The van der Waals surface area contributed by atoms with Crippen LogP contribution in [0.4, 0.5) is 0 Å². The molecule has 0 bridgehead atoms. The fourth-order valence-corrected chi connectivity index (χ4v) is 3.54. The first-order valence-electron chi connectivity index (χ1n) is 8.34. The largest absolute Gasteiger partial charge is 0.416 e. The van der Waals surface area contributed by atoms with E-state index in [1.165, 1.54) is 11.8 Å². The Kier molecular flexibility index (Phi) is 5.03. The monoisotopic (exact) mass is 357 g/mol. The van der Waals surface area contributed by atoms with Crippen LogP contribution >= 0.6 is 11.8 Å². The van der Waals surface area contributed by atoms with E-state index in [1.807, 2.05) is 18.2 Å². The van der Waals surface area contributed by atoms with Crippen molar-refractivity contribution in [3.05, 3.63) is 47.6 Å². The minimum absolute atomic E-state index is 0.319. The van der Waals surface area contributed by atoms with Crippen LogP contribution in [-0.4, -0.2) is 43.5 Å². The van der Waals surface area contributed by atoms with Gasteiger partial charge in [0.25, 0.3) is 5.22 Å². The summed E-state index contributed by atoms with van der Waals surface area (Å²) in [6.45, 7) is 2.62. The summed E-state index contributed by atoms with van der Waals surface area (Å²) in [4.78, 5) is 0. The molecule has 1 aromatic carbocycles. The van der Waals surface area contributed by atoms with Crippen LogP contribution in [0.15, 0.2) is 40.0 Å². The number of hydrogen-bond acceptors (Lipinski definition) is 8. The Morgan fingerprint density at radius 2 is 2.12 bits per heavy atom. The van der Waals surface area contributed by atoms with Crippen LogP contribution in [0.3, 0.4) is 0 Å². The summed E-state index contributed by atoms with van der Waals surface area (Å²) in [5.74, 6) is 2.41. The van der Waals surface area contributed by atoms with Crippen LogP contribution in [0.1, 0.15) is 36.0 Å². The van der Waals surface area contributed by atoms with Crippen molar-refractivity contribution in [3.63, 3.8) is 0 Å². The second-order valence-electron chi connectivity index (χ2n) is 5.98. The van der Waals surface area contributed by atoms with Gasteiger partial charge in [-0.15, -0.1) is 15.3 Å². The van der Waals surface area contributed by atoms with E-state index >= 15 is 0 Å². The number of rotatable bonds is 6. The third-order valence-electron chi connectivity index (χ3n) is 4.17. The van der Waals surface area contributed by atoms with E-state index in [2.05, 4.69) is 43.2 Å². The molecular weight excluding hydrogens is 338 g/mol. The lowest BCUT2D eigenvalue weighted by molar-refractivity contribution is 0.344. The smallest absolute Gasteiger partial charge is 0.277 e. The average molecular weight is 357 g/mol. The number of nitrogens with zero attached hydrogens (tertiary/aromatic N) is 6. The van der Waals surface area contributed by atoms with Crippen LogP contribution in [0, 0.1) is 0 Å². The van der Waals surface area contributed by atoms with Crippen LogP contribution < -0.4 is 5.32 Å². The highest BCUT2D eigenvalue weighted by atomic mass is 32.2. The fraction of sp³-hybridized carbons (Fsp3) is 0.438. The molecule has 1 atom stereocenters. The average Bonchev–Trinajstić information content (AvgIpc) is 3.31. The van der Waals surface area contributed by atoms with Crippen molar-refractivity contribution in [1.82, 2.24) is 35.7 Å². The maximum Gasteiger partial charge on any atom is 0.277 e. The Balaban J connectivity index is 1.37. The van der Waals surface area contributed by atoms with Crippen molar-refractivity contribution in [2.75, 3.05) is 13.1 Å². The number of benzene rings is 1. The summed E-state index contributed by atoms with van der Waals surface area (Å²) in [7, 11) is 0. The van der Waals surface area contributed by atoms with Gasteiger partial charge in [0, 0.05) is 12.5 Å². The predicted molar refractivity (Wildman–Crippen MR) is 92.1 cm³/mol. The van der Waals surface area contributed by atoms with Crippen molar-refractivity contribution in [2.45, 2.75) is 36.3 Å². The van der Waals surface area contributed by atoms with Gasteiger partial charge in [-0.1, -0.05) is 42.1 Å². The molecule has 2 aromatic heterocycles. The molecule has 0 spiro atoms. The molecule has 1 unspecified atom stereocenters. The molecule has 1 aliphatic rings. The first kappa shape index (κ1) is 16.2. The third-order valence-corrected chi connectivity index (χ3v) is 4.99. The molecular formula is C16H19N7OS. The Hall–Kier alpha value is -2.26. The summed E-state index contributed by atoms with van der Waals surface area (Å²) in [6, 6.07) is 10.1. The molecule has 1 N–H and O–H groups in total. The Morgan fingerprint density at radius 3 is 2.96 bits per heavy atom. The van der Waals surface area contributed by atoms with Crippen LogP contribution in [0.25, 0.3) is 0 Å². The SMILES string of the molecule is c1ccc(Cn2nnnc2CSc2nnc(C3CCCNC3)o2)cc1. The van der Waals surface area contributed by atoms with Gasteiger partial charge in [-0.05, 0) is 35.4 Å². The number of thioether (sulfide) groups is 1. The number of aromatic nitrogens is 6. The third kappa shape index (κ3) is 4.05. The van der Waals surface area contributed by atoms with Gasteiger partial charge in [0.15, 0.2) is 5.82 Å². The first-order chi connectivity index (χ1) is 12.4. The normalized spacial score (nSPS) is 17.7. The molecule has 0 aliphatic carbocycles. The molecule has 0 saturated carbocycles. The Labute approximate surface area is 149 Å². The molecule has 3 aromatic rings. The van der Waals surface area contributed by atoms with Gasteiger partial charge in [-0.2, -0.15) is 0 Å². The summed E-state index contributed by atoms with van der Waals surface area (Å²) < 4.78 is 7.60. The topological polar surface area (TPSA) is 94.5 Å². The van der Waals surface area contributed by atoms with Gasteiger partial charge in [0.2, 0.25) is 5.89 Å². The molecule has 3 heterocycles. The standard InChI is InChI=1S/C16H19N7OS/c1-2-5-12(6-3-1)10-23-14(18-21-22-23)11-25-16-20-19-15(24-16)13-7-4-8-17-9-13/h1-3,5-6,13,17H,4,7-11H2. The van der Waals surface area contributed by atoms with Gasteiger partial charge >= 0.3 is 0 Å². The van der Waals surface area contributed by atoms with Gasteiger partial charge in [-0.3, -0.25) is 0 Å². The van der Waals surface area contributed by atoms with Gasteiger partial charge in [-0.25, -0.2) is 4.68 Å². The van der Waals surface area contributed by atoms with Crippen molar-refractivity contribution in [3.8, 4) is 0 Å². The lowest BCUT2D eigenvalue weighted by Gasteiger charge is -2.18. The maximum atomic E-state index is 5.80. The molecule has 9 heteroatoms. The zero-order valence-electron chi connectivity index (χ0n) is 13.7. The highest BCUT2D eigenvalue weighted by Crippen LogP contribution is 2.26. The molecule has 0 amide bonds. The second kappa shape index (κ2) is 7.75. The number of hydrogen-bond donors (Lipinski definition) is 1. The van der Waals surface area contributed by atoms with Crippen molar-refractivity contribution in [1.29, 1.82) is 0 Å². The fourth-order valence-electron chi connectivity index (χ4n) is 2.84. The molecule has 130 valence electrons. The van der Waals surface area contributed by atoms with Crippen LogP contribution in [-0.2, 0) is 12.3 Å². The van der Waals surface area contributed by atoms with Crippen LogP contribution in [0.2, 0.25) is 0 Å². The number of piperidine rings is 1. The summed E-state index contributed by atoms with van der Waals surface area (Å²) >= 11 is 1.46. The molecule has 8 nitrogen and oxygen atoms in total. The second-order valence-corrected chi connectivity index (χ2v) is 6.90. The van der Waals surface area contributed by atoms with E-state index in [0.29, 0.717) is 23.4 Å². The highest BCUT2D eigenvalue weighted by molar-refractivity contribution is 7.98. The summed E-state index contributed by atoms with van der Waals surface area (Å²) in [5.41, 5.74) is 1.16. The van der Waals surface area contributed by atoms with E-state index in [1.54, 1.807) is 4.68 Å². The Bertz CT molecular complexity index is 798. The minimum Gasteiger partial charge on any atom is -0.416 e. The van der Waals surface area contributed by atoms with E-state index in [4.69, 9.17) is 4.42 Å². The van der Waals surface area contributed by atoms with E-state index in [0.717, 1.165) is 43.2 Å². The Morgan fingerprint density at radius 1 is 1.20 bits per heavy atom. The van der Waals surface area contributed by atoms with E-state index < -0.39 is 0 Å². The van der Waals surface area contributed by atoms with E-state index in [9.17, 15) is 0 Å². The molecule has 1 aliphatic heterocycles. The lowest BCUT2D eigenvalue weighted by atomic mass is 10.00. The van der Waals surface area contributed by atoms with Crippen molar-refractivity contribution < 1.29 is 4.42 Å².